The maximum absolute atomic E-state index is 11.2. The first-order valence-corrected chi connectivity index (χ1v) is 18.9. The number of anilines is 1. The second-order valence-electron chi connectivity index (χ2n) is 11.7. The van der Waals surface area contributed by atoms with Crippen molar-refractivity contribution >= 4 is 37.6 Å². The van der Waals surface area contributed by atoms with Crippen molar-refractivity contribution in [3.8, 4) is 28.0 Å². The fourth-order valence-corrected chi connectivity index (χ4v) is 6.56. The Labute approximate surface area is 296 Å². The number of rotatable bonds is 15. The highest BCUT2D eigenvalue weighted by Crippen LogP contribution is 2.42. The number of allylic oxidation sites excluding steroid dienone is 3. The molecule has 0 saturated heterocycles. The van der Waals surface area contributed by atoms with Gasteiger partial charge >= 0.3 is 16.3 Å². The average molecular weight is 733 g/mol. The first-order valence-electron chi connectivity index (χ1n) is 16.2. The van der Waals surface area contributed by atoms with Crippen molar-refractivity contribution in [3.05, 3.63) is 127 Å². The highest BCUT2D eigenvalue weighted by Gasteiger charge is 2.29. The zero-order chi connectivity index (χ0) is 36.0. The molecule has 0 aliphatic carbocycles. The van der Waals surface area contributed by atoms with Crippen molar-refractivity contribution < 1.29 is 48.0 Å². The molecule has 1 N–H and O–H groups in total. The Hall–Kier alpha value is -4.83. The molecule has 0 saturated carbocycles. The molecule has 2 heterocycles. The molecule has 5 aromatic rings. The molecule has 6 rings (SSSR count). The lowest BCUT2D eigenvalue weighted by Gasteiger charge is -2.19. The third-order valence-corrected chi connectivity index (χ3v) is 9.19. The van der Waals surface area contributed by atoms with Gasteiger partial charge in [-0.1, -0.05) is 78.9 Å². The van der Waals surface area contributed by atoms with Gasteiger partial charge in [-0.15, -0.1) is 0 Å². The van der Waals surface area contributed by atoms with E-state index in [1.807, 2.05) is 126 Å². The summed E-state index contributed by atoms with van der Waals surface area (Å²) in [4.78, 5) is 1.93. The van der Waals surface area contributed by atoms with Crippen LogP contribution in [0.4, 0.5) is 5.69 Å². The summed E-state index contributed by atoms with van der Waals surface area (Å²) < 4.78 is 88.3. The van der Waals surface area contributed by atoms with Gasteiger partial charge in [0.25, 0.3) is 5.52 Å². The summed E-state index contributed by atoms with van der Waals surface area (Å²) in [6.07, 6.45) is 4.62. The number of oxazole rings is 1. The van der Waals surface area contributed by atoms with Gasteiger partial charge in [0.1, 0.15) is 0 Å². The molecular weight excluding hydrogens is 697 g/mol. The van der Waals surface area contributed by atoms with Gasteiger partial charge in [-0.25, -0.2) is 12.6 Å². The van der Waals surface area contributed by atoms with Crippen molar-refractivity contribution in [2.24, 2.45) is 0 Å². The number of hydrogen-bond donors (Lipinski definition) is 1. The summed E-state index contributed by atoms with van der Waals surface area (Å²) in [5, 5.41) is 0. The monoisotopic (exact) mass is 732 g/mol. The molecule has 0 atom stereocenters. The number of benzene rings is 4. The Morgan fingerprint density at radius 2 is 1.49 bits per heavy atom. The van der Waals surface area contributed by atoms with Crippen LogP contribution >= 0.6 is 0 Å². The number of fused-ring (bicyclic) bond motifs is 2. The van der Waals surface area contributed by atoms with Crippen LogP contribution in [0.1, 0.15) is 25.7 Å². The predicted molar refractivity (Wildman–Crippen MR) is 190 cm³/mol. The van der Waals surface area contributed by atoms with E-state index in [2.05, 4.69) is 8.37 Å². The molecule has 51 heavy (non-hydrogen) atoms. The minimum Gasteiger partial charge on any atom is -0.726 e. The number of ether oxygens (including phenoxy) is 1. The van der Waals surface area contributed by atoms with Crippen LogP contribution in [-0.2, 0) is 42.1 Å². The molecule has 0 spiro atoms. The van der Waals surface area contributed by atoms with E-state index in [-0.39, 0.29) is 26.1 Å². The summed E-state index contributed by atoms with van der Waals surface area (Å²) in [5.74, 6) is 1.70. The van der Waals surface area contributed by atoms with E-state index in [0.29, 0.717) is 42.6 Å². The van der Waals surface area contributed by atoms with Crippen LogP contribution in [0.25, 0.3) is 33.4 Å². The topological polar surface area (TPSA) is 160 Å². The third-order valence-electron chi connectivity index (χ3n) is 8.27. The minimum atomic E-state index is -4.83. The van der Waals surface area contributed by atoms with Crippen molar-refractivity contribution in [1.82, 2.24) is 0 Å². The quantitative estimate of drug-likeness (QED) is 0.0552. The number of aromatic nitrogens is 1. The van der Waals surface area contributed by atoms with Crippen LogP contribution in [-0.4, -0.2) is 45.7 Å². The fraction of sp³-hybridized carbons (Fsp3) is 0.216. The molecule has 1 aliphatic heterocycles. The van der Waals surface area contributed by atoms with Gasteiger partial charge in [-0.3, -0.25) is 8.74 Å². The van der Waals surface area contributed by atoms with E-state index in [1.165, 1.54) is 0 Å². The van der Waals surface area contributed by atoms with E-state index in [4.69, 9.17) is 13.7 Å². The molecule has 0 unspecified atom stereocenters. The zero-order valence-corrected chi connectivity index (χ0v) is 29.3. The summed E-state index contributed by atoms with van der Waals surface area (Å²) in [5.41, 5.74) is 7.00. The van der Waals surface area contributed by atoms with Crippen molar-refractivity contribution in [1.29, 1.82) is 0 Å². The molecule has 0 amide bonds. The van der Waals surface area contributed by atoms with Crippen molar-refractivity contribution in [3.63, 3.8) is 0 Å². The first kappa shape index (κ1) is 36.0. The molecular formula is C37H36N2O10S2. The summed E-state index contributed by atoms with van der Waals surface area (Å²) in [6.45, 7) is 2.01. The minimum absolute atomic E-state index is 0.228. The zero-order valence-electron chi connectivity index (χ0n) is 27.7. The normalized spacial score (nSPS) is 14.3. The predicted octanol–water partition coefficient (Wildman–Crippen LogP) is 6.36. The Morgan fingerprint density at radius 1 is 0.843 bits per heavy atom. The summed E-state index contributed by atoms with van der Waals surface area (Å²) in [6, 6.07) is 31.5. The van der Waals surface area contributed by atoms with Crippen molar-refractivity contribution in [2.45, 2.75) is 32.7 Å². The second kappa shape index (κ2) is 15.6. The van der Waals surface area contributed by atoms with Gasteiger partial charge in [0.15, 0.2) is 12.3 Å². The van der Waals surface area contributed by atoms with Gasteiger partial charge in [-0.05, 0) is 59.4 Å². The SMILES string of the molecule is C/C=C(\C=C1\Oc2ccc(-c3ccccc3)cc2N1CCCOS(=O)(=O)O)Cc1oc2ccc(-c3ccccc3)cc2[n+]1CCCOS(=O)(=O)[O-]. The molecule has 14 heteroatoms. The fourth-order valence-electron chi connectivity index (χ4n) is 5.91. The average Bonchev–Trinajstić information content (AvgIpc) is 3.63. The molecule has 0 radical (unpaired) electrons. The van der Waals surface area contributed by atoms with Gasteiger partial charge in [0.05, 0.1) is 25.3 Å². The molecule has 12 nitrogen and oxygen atoms in total. The third kappa shape index (κ3) is 9.29. The van der Waals surface area contributed by atoms with Crippen LogP contribution in [0.2, 0.25) is 0 Å². The lowest BCUT2D eigenvalue weighted by Crippen LogP contribution is -2.37. The Bertz CT molecular complexity index is 2290. The lowest BCUT2D eigenvalue weighted by molar-refractivity contribution is -0.684. The number of hydrogen-bond acceptors (Lipinski definition) is 10. The van der Waals surface area contributed by atoms with E-state index in [0.717, 1.165) is 39.0 Å². The van der Waals surface area contributed by atoms with Crippen LogP contribution in [0, 0.1) is 0 Å². The largest absolute Gasteiger partial charge is 0.726 e. The molecule has 0 bridgehead atoms. The lowest BCUT2D eigenvalue weighted by atomic mass is 10.0. The molecule has 266 valence electrons. The Morgan fingerprint density at radius 3 is 2.14 bits per heavy atom. The van der Waals surface area contributed by atoms with Crippen LogP contribution < -0.4 is 14.2 Å². The van der Waals surface area contributed by atoms with Gasteiger partial charge < -0.3 is 18.6 Å². The maximum Gasteiger partial charge on any atom is 0.397 e. The van der Waals surface area contributed by atoms with E-state index in [9.17, 15) is 21.4 Å². The maximum atomic E-state index is 11.2. The molecule has 4 aromatic carbocycles. The van der Waals surface area contributed by atoms with Gasteiger partial charge in [-0.2, -0.15) is 13.0 Å². The van der Waals surface area contributed by atoms with Crippen LogP contribution in [0.5, 0.6) is 5.75 Å². The van der Waals surface area contributed by atoms with Gasteiger partial charge in [0.2, 0.25) is 21.9 Å². The van der Waals surface area contributed by atoms with E-state index < -0.39 is 20.8 Å². The first-order chi connectivity index (χ1) is 24.5. The highest BCUT2D eigenvalue weighted by atomic mass is 32.3. The Kier molecular flexibility index (Phi) is 11.0. The van der Waals surface area contributed by atoms with Gasteiger partial charge in [0, 0.05) is 25.1 Å². The molecule has 0 fully saturated rings. The number of nitrogens with zero attached hydrogens (tertiary/aromatic N) is 2. The number of aryl methyl sites for hydroxylation is 1. The summed E-state index contributed by atoms with van der Waals surface area (Å²) in [7, 11) is -9.41. The van der Waals surface area contributed by atoms with Crippen LogP contribution in [0.15, 0.2) is 125 Å². The Balaban J connectivity index is 1.32. The van der Waals surface area contributed by atoms with E-state index in [1.54, 1.807) is 0 Å². The second-order valence-corrected chi connectivity index (χ2v) is 13.9. The highest BCUT2D eigenvalue weighted by molar-refractivity contribution is 7.81. The standard InChI is InChI=1S/C37H36N2O10S2/c1-2-27(23-36-38(19-9-21-46-50(40,41)42)32-25-30(15-17-34(32)48-36)28-11-5-3-6-12-28)24-37-39(20-10-22-47-51(43,44)45)33-26-31(16-18-35(33)49-37)29-13-7-4-8-14-29/h2-8,11-18,23,25-26H,9-10,19-22,24H2,1H3,(H-,40,41,42,43,44,45)/b27-2+,36-23+. The van der Waals surface area contributed by atoms with Crippen molar-refractivity contribution in [2.75, 3.05) is 24.7 Å². The smallest absolute Gasteiger partial charge is 0.397 e. The molecule has 1 aromatic heterocycles. The van der Waals surface area contributed by atoms with Crippen LogP contribution in [0.3, 0.4) is 0 Å². The van der Waals surface area contributed by atoms with E-state index >= 15 is 0 Å². The summed E-state index contributed by atoms with van der Waals surface area (Å²) >= 11 is 0. The molecule has 1 aliphatic rings.